The summed E-state index contributed by atoms with van der Waals surface area (Å²) in [6.45, 7) is 5.67. The molecule has 0 aromatic heterocycles. The van der Waals surface area contributed by atoms with Crippen molar-refractivity contribution in [3.05, 3.63) is 53.1 Å². The first-order valence-electron chi connectivity index (χ1n) is 8.97. The fraction of sp³-hybridized carbons (Fsp3) is 0.300. The minimum atomic E-state index is -4.12. The van der Waals surface area contributed by atoms with Crippen molar-refractivity contribution in [3.8, 4) is 5.75 Å². The lowest BCUT2D eigenvalue weighted by Crippen LogP contribution is -2.42. The number of carbonyl (C=O) groups excluding carboxylic acids is 2. The number of hydrazine groups is 1. The van der Waals surface area contributed by atoms with Crippen LogP contribution in [0.1, 0.15) is 37.6 Å². The van der Waals surface area contributed by atoms with E-state index in [-0.39, 0.29) is 38.9 Å². The number of ether oxygens (including phenoxy) is 1. The van der Waals surface area contributed by atoms with Gasteiger partial charge in [-0.3, -0.25) is 25.2 Å². The zero-order chi connectivity index (χ0) is 22.5. The maximum absolute atomic E-state index is 12.8. The molecule has 30 heavy (non-hydrogen) atoms. The van der Waals surface area contributed by atoms with E-state index >= 15 is 0 Å². The van der Waals surface area contributed by atoms with Gasteiger partial charge in [0.25, 0.3) is 15.9 Å². The van der Waals surface area contributed by atoms with Gasteiger partial charge in [-0.25, -0.2) is 8.42 Å². The first-order valence-corrected chi connectivity index (χ1v) is 10.8. The maximum atomic E-state index is 12.8. The minimum absolute atomic E-state index is 0.0101. The van der Waals surface area contributed by atoms with Crippen molar-refractivity contribution >= 4 is 39.1 Å². The molecule has 2 aromatic rings. The predicted octanol–water partition coefficient (Wildman–Crippen LogP) is 3.35. The predicted molar refractivity (Wildman–Crippen MR) is 115 cm³/mol. The molecule has 8 nitrogen and oxygen atoms in total. The van der Waals surface area contributed by atoms with Crippen LogP contribution in [0, 0.1) is 5.41 Å². The van der Waals surface area contributed by atoms with Crippen molar-refractivity contribution in [2.24, 2.45) is 5.41 Å². The molecule has 2 rings (SSSR count). The van der Waals surface area contributed by atoms with E-state index < -0.39 is 15.9 Å². The lowest BCUT2D eigenvalue weighted by atomic mass is 9.92. The Morgan fingerprint density at radius 3 is 2.37 bits per heavy atom. The summed E-state index contributed by atoms with van der Waals surface area (Å²) in [6, 6.07) is 10.3. The first kappa shape index (κ1) is 23.5. The highest BCUT2D eigenvalue weighted by atomic mass is 35.5. The van der Waals surface area contributed by atoms with Crippen LogP contribution >= 0.6 is 11.6 Å². The van der Waals surface area contributed by atoms with Gasteiger partial charge in [0.15, 0.2) is 0 Å². The van der Waals surface area contributed by atoms with E-state index in [0.29, 0.717) is 5.75 Å². The summed E-state index contributed by atoms with van der Waals surface area (Å²) in [5.41, 5.74) is 4.57. The molecule has 3 N–H and O–H groups in total. The fourth-order valence-corrected chi connectivity index (χ4v) is 4.10. The Labute approximate surface area is 181 Å². The molecule has 10 heteroatoms. The van der Waals surface area contributed by atoms with Crippen molar-refractivity contribution < 1.29 is 22.7 Å². The topological polar surface area (TPSA) is 114 Å². The van der Waals surface area contributed by atoms with Crippen molar-refractivity contribution in [3.63, 3.8) is 0 Å². The standard InChI is InChI=1S/C20H24ClN3O5S/c1-20(2,3)12-18(25)22-23-19(26)13-9-10-14(21)17(11-13)30(27,28)24-15-7-5-6-8-16(15)29-4/h5-11,24H,12H2,1-4H3,(H,22,25)(H,23,26). The Morgan fingerprint density at radius 2 is 1.73 bits per heavy atom. The quantitative estimate of drug-likeness (QED) is 0.580. The number of sulfonamides is 1. The van der Waals surface area contributed by atoms with Gasteiger partial charge in [-0.1, -0.05) is 44.5 Å². The molecule has 0 fully saturated rings. The largest absolute Gasteiger partial charge is 0.495 e. The van der Waals surface area contributed by atoms with Gasteiger partial charge in [0.05, 0.1) is 17.8 Å². The van der Waals surface area contributed by atoms with Gasteiger partial charge in [0.2, 0.25) is 5.91 Å². The normalized spacial score (nSPS) is 11.5. The lowest BCUT2D eigenvalue weighted by Gasteiger charge is -2.17. The number of benzene rings is 2. The molecule has 2 amide bonds. The Bertz CT molecular complexity index is 1050. The molecular weight excluding hydrogens is 430 g/mol. The third-order valence-electron chi connectivity index (χ3n) is 3.84. The molecule has 0 aliphatic heterocycles. The van der Waals surface area contributed by atoms with E-state index in [1.54, 1.807) is 18.2 Å². The van der Waals surface area contributed by atoms with Gasteiger partial charge in [0, 0.05) is 12.0 Å². The van der Waals surface area contributed by atoms with Crippen molar-refractivity contribution in [1.82, 2.24) is 10.9 Å². The number of methoxy groups -OCH3 is 1. The Hall–Kier alpha value is -2.78. The number of amides is 2. The second-order valence-corrected chi connectivity index (χ2v) is 9.75. The van der Waals surface area contributed by atoms with Crippen molar-refractivity contribution in [1.29, 1.82) is 0 Å². The van der Waals surface area contributed by atoms with Crippen LogP contribution < -0.4 is 20.3 Å². The molecule has 0 spiro atoms. The number of carbonyl (C=O) groups is 2. The molecular formula is C20H24ClN3O5S. The van der Waals surface area contributed by atoms with E-state index in [4.69, 9.17) is 16.3 Å². The molecule has 0 unspecified atom stereocenters. The third-order valence-corrected chi connectivity index (χ3v) is 5.69. The summed E-state index contributed by atoms with van der Waals surface area (Å²) < 4.78 is 33.2. The summed E-state index contributed by atoms with van der Waals surface area (Å²) in [5, 5.41) is -0.0642. The highest BCUT2D eigenvalue weighted by molar-refractivity contribution is 7.92. The number of anilines is 1. The van der Waals surface area contributed by atoms with Crippen LogP contribution in [-0.4, -0.2) is 27.3 Å². The number of hydrogen-bond acceptors (Lipinski definition) is 5. The van der Waals surface area contributed by atoms with Crippen LogP contribution in [0.4, 0.5) is 5.69 Å². The smallest absolute Gasteiger partial charge is 0.269 e. The average Bonchev–Trinajstić information content (AvgIpc) is 2.65. The zero-order valence-corrected chi connectivity index (χ0v) is 18.6. The number of para-hydroxylation sites is 2. The number of hydrogen-bond donors (Lipinski definition) is 3. The van der Waals surface area contributed by atoms with E-state index in [1.165, 1.54) is 25.3 Å². The molecule has 0 aliphatic carbocycles. The zero-order valence-electron chi connectivity index (χ0n) is 17.1. The summed E-state index contributed by atoms with van der Waals surface area (Å²) >= 11 is 6.07. The fourth-order valence-electron chi connectivity index (χ4n) is 2.50. The number of nitrogens with one attached hydrogen (secondary N) is 3. The van der Waals surface area contributed by atoms with Gasteiger partial charge in [-0.15, -0.1) is 0 Å². The van der Waals surface area contributed by atoms with E-state index in [0.717, 1.165) is 6.07 Å². The molecule has 0 aliphatic rings. The highest BCUT2D eigenvalue weighted by Gasteiger charge is 2.22. The van der Waals surface area contributed by atoms with Crippen LogP contribution in [0.2, 0.25) is 5.02 Å². The number of halogens is 1. The van der Waals surface area contributed by atoms with E-state index in [1.807, 2.05) is 20.8 Å². The average molecular weight is 454 g/mol. The SMILES string of the molecule is COc1ccccc1NS(=O)(=O)c1cc(C(=O)NNC(=O)CC(C)(C)C)ccc1Cl. The molecule has 0 heterocycles. The molecule has 0 saturated heterocycles. The van der Waals surface area contributed by atoms with Gasteiger partial charge in [-0.05, 0) is 35.7 Å². The molecule has 162 valence electrons. The van der Waals surface area contributed by atoms with Crippen LogP contribution in [0.3, 0.4) is 0 Å². The summed E-state index contributed by atoms with van der Waals surface area (Å²) in [6.07, 6.45) is 0.205. The Balaban J connectivity index is 2.21. The van der Waals surface area contributed by atoms with Crippen LogP contribution in [-0.2, 0) is 14.8 Å². The maximum Gasteiger partial charge on any atom is 0.269 e. The molecule has 2 aromatic carbocycles. The Kier molecular flexibility index (Phi) is 7.33. The second kappa shape index (κ2) is 9.36. The van der Waals surface area contributed by atoms with Crippen molar-refractivity contribution in [2.45, 2.75) is 32.1 Å². The van der Waals surface area contributed by atoms with Crippen LogP contribution in [0.5, 0.6) is 5.75 Å². The lowest BCUT2D eigenvalue weighted by molar-refractivity contribution is -0.123. The monoisotopic (exact) mass is 453 g/mol. The van der Waals surface area contributed by atoms with Crippen LogP contribution in [0.25, 0.3) is 0 Å². The third kappa shape index (κ3) is 6.36. The minimum Gasteiger partial charge on any atom is -0.495 e. The molecule has 0 bridgehead atoms. The van der Waals surface area contributed by atoms with Gasteiger partial charge in [-0.2, -0.15) is 0 Å². The second-order valence-electron chi connectivity index (χ2n) is 7.69. The van der Waals surface area contributed by atoms with E-state index in [2.05, 4.69) is 15.6 Å². The first-order chi connectivity index (χ1) is 13.9. The summed E-state index contributed by atoms with van der Waals surface area (Å²) in [4.78, 5) is 23.9. The Morgan fingerprint density at radius 1 is 1.07 bits per heavy atom. The van der Waals surface area contributed by atoms with Gasteiger partial charge < -0.3 is 4.74 Å². The van der Waals surface area contributed by atoms with Crippen molar-refractivity contribution in [2.75, 3.05) is 11.8 Å². The summed E-state index contributed by atoms with van der Waals surface area (Å²) in [5.74, 6) is -0.717. The molecule has 0 saturated carbocycles. The highest BCUT2D eigenvalue weighted by Crippen LogP contribution is 2.29. The van der Waals surface area contributed by atoms with Crippen LogP contribution in [0.15, 0.2) is 47.4 Å². The number of rotatable bonds is 6. The van der Waals surface area contributed by atoms with E-state index in [9.17, 15) is 18.0 Å². The molecule has 0 radical (unpaired) electrons. The summed E-state index contributed by atoms with van der Waals surface area (Å²) in [7, 11) is -2.70. The van der Waals surface area contributed by atoms with Gasteiger partial charge >= 0.3 is 0 Å². The molecule has 0 atom stereocenters. The van der Waals surface area contributed by atoms with Gasteiger partial charge in [0.1, 0.15) is 10.6 Å².